The number of ether oxygens (including phenoxy) is 12. The number of hydrogen-bond acceptors (Lipinski definition) is 25. The Morgan fingerprint density at radius 3 is 1.37 bits per heavy atom. The van der Waals surface area contributed by atoms with E-state index < -0.39 is 121 Å². The van der Waals surface area contributed by atoms with Gasteiger partial charge in [-0.1, -0.05) is 25.7 Å². The summed E-state index contributed by atoms with van der Waals surface area (Å²) >= 11 is 13.0. The molecule has 10 rings (SSSR count). The van der Waals surface area contributed by atoms with Crippen molar-refractivity contribution in [1.29, 1.82) is 0 Å². The van der Waals surface area contributed by atoms with Gasteiger partial charge in [0, 0.05) is 32.7 Å². The Morgan fingerprint density at radius 1 is 0.649 bits per heavy atom. The summed E-state index contributed by atoms with van der Waals surface area (Å²) in [6, 6.07) is -0.271. The van der Waals surface area contributed by atoms with Crippen molar-refractivity contribution >= 4 is 95.6 Å². The van der Waals surface area contributed by atoms with E-state index in [2.05, 4.69) is 30.1 Å². The van der Waals surface area contributed by atoms with Crippen molar-refractivity contribution in [2.45, 2.75) is 228 Å². The summed E-state index contributed by atoms with van der Waals surface area (Å²) in [6.45, 7) is 23.6. The highest BCUT2D eigenvalue weighted by Gasteiger charge is 2.60. The van der Waals surface area contributed by atoms with Crippen LogP contribution in [0.2, 0.25) is 10.6 Å². The number of nitrogens with zero attached hydrogens (tertiary/aromatic N) is 10. The fourth-order valence-corrected chi connectivity index (χ4v) is 15.9. The number of halogens is 2. The van der Waals surface area contributed by atoms with Gasteiger partial charge in [-0.2, -0.15) is 30.1 Å². The third-order valence-electron chi connectivity index (χ3n) is 17.3. The molecule has 0 spiro atoms. The van der Waals surface area contributed by atoms with Gasteiger partial charge in [-0.05, 0) is 145 Å². The van der Waals surface area contributed by atoms with Crippen LogP contribution < -0.4 is 15.3 Å². The predicted molar refractivity (Wildman–Crippen MR) is 343 cm³/mol. The van der Waals surface area contributed by atoms with Crippen LogP contribution >= 0.6 is 37.5 Å². The lowest BCUT2D eigenvalue weighted by Crippen LogP contribution is -2.45. The van der Waals surface area contributed by atoms with Crippen LogP contribution in [-0.2, 0) is 75.6 Å². The normalized spacial score (nSPS) is 25.9. The molecule has 4 aromatic heterocycles. The Bertz CT molecular complexity index is 3490. The van der Waals surface area contributed by atoms with Crippen molar-refractivity contribution in [2.24, 2.45) is 0 Å². The fraction of sp³-hybridized carbons (Fsp3) is 0.767. The fourth-order valence-electron chi connectivity index (χ4n) is 12.9. The second-order valence-electron chi connectivity index (χ2n) is 28.3. The van der Waals surface area contributed by atoms with Crippen LogP contribution in [0.4, 0.5) is 21.2 Å². The number of carbonyl (C=O) groups is 4. The van der Waals surface area contributed by atoms with Crippen LogP contribution in [0.1, 0.15) is 146 Å². The van der Waals surface area contributed by atoms with E-state index in [0.717, 1.165) is 51.4 Å². The minimum absolute atomic E-state index is 0.0414. The zero-order chi connectivity index (χ0) is 68.9. The lowest BCUT2D eigenvalue weighted by atomic mass is 10.1. The maximum Gasteiger partial charge on any atom is 0.416 e. The van der Waals surface area contributed by atoms with Crippen molar-refractivity contribution in [3.63, 3.8) is 0 Å². The number of anilines is 2. The minimum Gasteiger partial charge on any atom is -0.443 e. The van der Waals surface area contributed by atoms with Crippen LogP contribution in [0.5, 0.6) is 0 Å². The molecule has 0 radical (unpaired) electrons. The van der Waals surface area contributed by atoms with Crippen molar-refractivity contribution < 1.29 is 90.4 Å². The number of aromatic nitrogens is 8. The molecular formula is C60H91Cl2N11O19P2. The van der Waals surface area contributed by atoms with Crippen LogP contribution in [0, 0.1) is 0 Å². The van der Waals surface area contributed by atoms with Gasteiger partial charge in [0.25, 0.3) is 0 Å². The number of hydrogen-bond donors (Lipinski definition) is 2. The molecule has 4 saturated heterocycles. The first kappa shape index (κ1) is 73.6. The highest BCUT2D eigenvalue weighted by Crippen LogP contribution is 2.57. The third kappa shape index (κ3) is 15.9. The Kier molecular flexibility index (Phi) is 22.2. The Hall–Kier alpha value is -4.62. The van der Waals surface area contributed by atoms with Crippen LogP contribution in [0.25, 0.3) is 22.1 Å². The first-order valence-corrected chi connectivity index (χ1v) is 37.4. The van der Waals surface area contributed by atoms with Gasteiger partial charge in [0.05, 0.1) is 56.0 Å². The van der Waals surface area contributed by atoms with E-state index in [4.69, 9.17) is 80.0 Å². The van der Waals surface area contributed by atoms with Gasteiger partial charge in [0.2, 0.25) is 16.5 Å². The monoisotopic (exact) mass is 1400 g/mol. The number of nitrogens with one attached hydrogen (secondary N) is 1. The summed E-state index contributed by atoms with van der Waals surface area (Å²) in [5, 5.41) is 16.4. The van der Waals surface area contributed by atoms with E-state index in [1.807, 2.05) is 20.8 Å². The van der Waals surface area contributed by atoms with Gasteiger partial charge in [-0.25, -0.2) is 24.4 Å². The summed E-state index contributed by atoms with van der Waals surface area (Å²) in [6.07, 6.45) is 3.42. The Labute approximate surface area is 556 Å². The molecule has 2 aliphatic carbocycles. The molecule has 34 heteroatoms. The van der Waals surface area contributed by atoms with E-state index in [9.17, 15) is 33.5 Å². The van der Waals surface area contributed by atoms with Crippen LogP contribution in [0.15, 0.2) is 12.4 Å². The summed E-state index contributed by atoms with van der Waals surface area (Å²) in [4.78, 5) is 72.2. The van der Waals surface area contributed by atoms with Crippen molar-refractivity contribution in [3.8, 4) is 0 Å². The number of amides is 3. The number of aldehydes is 1. The van der Waals surface area contributed by atoms with Gasteiger partial charge >= 0.3 is 12.2 Å². The van der Waals surface area contributed by atoms with E-state index >= 15 is 0 Å². The maximum absolute atomic E-state index is 13.6. The number of fused-ring (bicyclic) bond motifs is 4. The summed E-state index contributed by atoms with van der Waals surface area (Å²) in [5.41, 5.74) is 0.758. The average Bonchev–Trinajstić information content (AvgIpc) is 1.58. The number of rotatable bonds is 22. The smallest absolute Gasteiger partial charge is 0.416 e. The SMILES string of the molecule is COCC(CC(=O)NO)(OC[C@H]1O[C@@H](n2ncc3c(N(C(=O)OC(C)(C)C)C4CCCC4)nc(Cl)nc32)[C@@H]2OC(C)(C)O[C@@H]21)P(C)(C)=O.COCC(CC=O)(OC[C@H]1O[C@@H](n2ncc3c(N(C(=O)OC(C)(C)C)C4CCCC4)nc(Cl)nc32)[C@@H]2OC(C)(C)O[C@@H]21)P(C)(C)=O. The largest absolute Gasteiger partial charge is 0.443 e. The van der Waals surface area contributed by atoms with Gasteiger partial charge in [-0.3, -0.25) is 19.8 Å². The highest BCUT2D eigenvalue weighted by atomic mass is 35.5. The molecule has 3 amide bonds. The highest BCUT2D eigenvalue weighted by molar-refractivity contribution is 7.64. The maximum atomic E-state index is 13.6. The summed E-state index contributed by atoms with van der Waals surface area (Å²) in [7, 11) is -3.31. The molecule has 94 heavy (non-hydrogen) atoms. The first-order valence-electron chi connectivity index (χ1n) is 31.5. The minimum atomic E-state index is -3.19. The molecule has 6 aliphatic rings. The molecule has 4 aromatic rings. The van der Waals surface area contributed by atoms with Gasteiger partial charge in [0.1, 0.15) is 73.7 Å². The second kappa shape index (κ2) is 28.3. The van der Waals surface area contributed by atoms with E-state index in [0.29, 0.717) is 34.2 Å². The summed E-state index contributed by atoms with van der Waals surface area (Å²) < 4.78 is 103. The molecular weight excluding hydrogens is 1310 g/mol. The van der Waals surface area contributed by atoms with Gasteiger partial charge in [0.15, 0.2) is 52.3 Å². The lowest BCUT2D eigenvalue weighted by molar-refractivity contribution is -0.207. The molecule has 8 heterocycles. The molecule has 0 bridgehead atoms. The molecule has 524 valence electrons. The van der Waals surface area contributed by atoms with E-state index in [1.54, 1.807) is 94.2 Å². The second-order valence-corrected chi connectivity index (χ2v) is 36.0. The summed E-state index contributed by atoms with van der Waals surface area (Å²) in [5.74, 6) is -2.15. The van der Waals surface area contributed by atoms with Gasteiger partial charge < -0.3 is 70.8 Å². The third-order valence-corrected chi connectivity index (χ3v) is 22.4. The zero-order valence-corrected chi connectivity index (χ0v) is 59.6. The first-order chi connectivity index (χ1) is 43.9. The van der Waals surface area contributed by atoms with Crippen molar-refractivity contribution in [1.82, 2.24) is 45.0 Å². The predicted octanol–water partition coefficient (Wildman–Crippen LogP) is 9.61. The Morgan fingerprint density at radius 2 is 1.02 bits per heavy atom. The van der Waals surface area contributed by atoms with E-state index in [-0.39, 0.29) is 61.3 Å². The van der Waals surface area contributed by atoms with E-state index in [1.165, 1.54) is 32.2 Å². The van der Waals surface area contributed by atoms with Crippen LogP contribution in [-0.4, -0.2) is 219 Å². The molecule has 2 N–H and O–H groups in total. The molecule has 6 fully saturated rings. The molecule has 4 aliphatic heterocycles. The number of hydroxylamine groups is 1. The molecule has 2 saturated carbocycles. The number of carbonyl (C=O) groups excluding carboxylic acids is 4. The average molecular weight is 1400 g/mol. The molecule has 30 nitrogen and oxygen atoms in total. The van der Waals surface area contributed by atoms with Crippen molar-refractivity contribution in [3.05, 3.63) is 23.0 Å². The van der Waals surface area contributed by atoms with Crippen molar-refractivity contribution in [2.75, 3.05) is 77.1 Å². The molecule has 0 aromatic carbocycles. The standard InChI is InChI=1S/C30H46ClN6O10P.C30H45ClN5O9P/c1-28(2,3)47-27(39)36(17-11-9-10-12-17)23-18-14-32-37(24(18)34-26(31)33-23)25-22-21(45-29(4,5)46-22)19(44-25)15-43-30(16-42-6,48(7,8)41)13-20(38)35-40;1-28(2,3)45-27(38)35(18-11-9-10-12-18)23-19-15-32-36(24(19)34-26(31)33-23)25-22-21(43-29(4,5)44-22)20(42-25)16-41-30(13-14-37,17-40-6)46(7,8)39/h14,17,19,21-22,25,40H,9-13,15-16H2,1-8H3,(H,35,38);14-15,18,20-22,25H,9-13,16-17H2,1-8H3/t19-,21-,22-,25-,30?;20-,21-,22-,25-,30?/m11/s1. The zero-order valence-electron chi connectivity index (χ0n) is 56.3. The molecule has 2 unspecified atom stereocenters. The van der Waals surface area contributed by atoms with Gasteiger partial charge in [-0.15, -0.1) is 0 Å². The topological polar surface area (TPSA) is 339 Å². The number of methoxy groups -OCH3 is 2. The molecule has 10 atom stereocenters. The Balaban J connectivity index is 0.000000222. The lowest BCUT2D eigenvalue weighted by Gasteiger charge is -2.37. The van der Waals surface area contributed by atoms with Crippen LogP contribution in [0.3, 0.4) is 0 Å². The quantitative estimate of drug-likeness (QED) is 0.0243.